The second-order valence-electron chi connectivity index (χ2n) is 2.46. The van der Waals surface area contributed by atoms with Crippen LogP contribution in [0.5, 0.6) is 11.5 Å². The van der Waals surface area contributed by atoms with Gasteiger partial charge >= 0.3 is 0 Å². The zero-order valence-corrected chi connectivity index (χ0v) is 7.39. The predicted octanol–water partition coefficient (Wildman–Crippen LogP) is 1.52. The molecule has 5 nitrogen and oxygen atoms in total. The van der Waals surface area contributed by atoms with Crippen LogP contribution < -0.4 is 9.75 Å². The topological polar surface area (TPSA) is 62.1 Å². The quantitative estimate of drug-likeness (QED) is 0.568. The summed E-state index contributed by atoms with van der Waals surface area (Å²) in [6.07, 6.45) is 0. The van der Waals surface area contributed by atoms with Crippen molar-refractivity contribution in [2.75, 3.05) is 19.2 Å². The van der Waals surface area contributed by atoms with E-state index in [0.717, 1.165) is 5.01 Å². The van der Waals surface area contributed by atoms with Gasteiger partial charge in [0.05, 0.1) is 18.1 Å². The third-order valence-electron chi connectivity index (χ3n) is 1.66. The molecule has 0 spiro atoms. The first-order valence-corrected chi connectivity index (χ1v) is 3.63. The van der Waals surface area contributed by atoms with Crippen molar-refractivity contribution in [1.82, 2.24) is 0 Å². The molecule has 0 fully saturated rings. The van der Waals surface area contributed by atoms with Gasteiger partial charge in [-0.2, -0.15) is 0 Å². The lowest BCUT2D eigenvalue weighted by molar-refractivity contribution is 0.373. The number of aromatic hydroxyl groups is 1. The minimum absolute atomic E-state index is 0.0181. The Morgan fingerprint density at radius 3 is 2.69 bits per heavy atom. The first kappa shape index (κ1) is 9.31. The SMILES string of the molecule is COc1ccc(N(C)N=O)cc1O. The molecule has 0 saturated carbocycles. The number of methoxy groups -OCH3 is 1. The molecular weight excluding hydrogens is 172 g/mol. The average Bonchev–Trinajstić information content (AvgIpc) is 2.16. The van der Waals surface area contributed by atoms with E-state index in [1.54, 1.807) is 12.1 Å². The summed E-state index contributed by atoms with van der Waals surface area (Å²) >= 11 is 0. The molecular formula is C8H10N2O3. The Morgan fingerprint density at radius 1 is 1.54 bits per heavy atom. The molecule has 0 aromatic heterocycles. The van der Waals surface area contributed by atoms with Gasteiger partial charge in [-0.05, 0) is 12.1 Å². The van der Waals surface area contributed by atoms with Crippen molar-refractivity contribution in [1.29, 1.82) is 0 Å². The Kier molecular flexibility index (Phi) is 2.69. The maximum absolute atomic E-state index is 10.1. The van der Waals surface area contributed by atoms with Crippen LogP contribution in [0.25, 0.3) is 0 Å². The highest BCUT2D eigenvalue weighted by atomic mass is 16.5. The molecule has 0 saturated heterocycles. The Labute approximate surface area is 75.5 Å². The van der Waals surface area contributed by atoms with Crippen LogP contribution in [0, 0.1) is 4.91 Å². The van der Waals surface area contributed by atoms with E-state index in [-0.39, 0.29) is 5.75 Å². The summed E-state index contributed by atoms with van der Waals surface area (Å²) in [6.45, 7) is 0. The van der Waals surface area contributed by atoms with Gasteiger partial charge in [0.2, 0.25) is 0 Å². The van der Waals surface area contributed by atoms with E-state index in [0.29, 0.717) is 11.4 Å². The summed E-state index contributed by atoms with van der Waals surface area (Å²) in [5.41, 5.74) is 0.508. The minimum atomic E-state index is -0.0181. The van der Waals surface area contributed by atoms with Crippen LogP contribution in [0.4, 0.5) is 5.69 Å². The zero-order chi connectivity index (χ0) is 9.84. The molecule has 1 rings (SSSR count). The fourth-order valence-corrected chi connectivity index (χ4v) is 0.927. The van der Waals surface area contributed by atoms with Crippen molar-refractivity contribution in [3.05, 3.63) is 23.1 Å². The van der Waals surface area contributed by atoms with Crippen molar-refractivity contribution in [2.45, 2.75) is 0 Å². The monoisotopic (exact) mass is 182 g/mol. The maximum atomic E-state index is 10.1. The first-order chi connectivity index (χ1) is 6.19. The van der Waals surface area contributed by atoms with E-state index >= 15 is 0 Å². The summed E-state index contributed by atoms with van der Waals surface area (Å²) in [5.74, 6) is 0.346. The summed E-state index contributed by atoms with van der Waals surface area (Å²) in [4.78, 5) is 10.1. The van der Waals surface area contributed by atoms with Crippen molar-refractivity contribution < 1.29 is 9.84 Å². The number of ether oxygens (including phenoxy) is 1. The van der Waals surface area contributed by atoms with Gasteiger partial charge in [-0.25, -0.2) is 5.01 Å². The molecule has 5 heteroatoms. The van der Waals surface area contributed by atoms with Crippen LogP contribution in [0.3, 0.4) is 0 Å². The van der Waals surface area contributed by atoms with Crippen LogP contribution >= 0.6 is 0 Å². The Morgan fingerprint density at radius 2 is 2.23 bits per heavy atom. The molecule has 0 aliphatic heterocycles. The molecule has 0 radical (unpaired) electrons. The lowest BCUT2D eigenvalue weighted by Gasteiger charge is -2.10. The number of rotatable bonds is 3. The third-order valence-corrected chi connectivity index (χ3v) is 1.66. The highest BCUT2D eigenvalue weighted by Gasteiger charge is 2.05. The predicted molar refractivity (Wildman–Crippen MR) is 48.9 cm³/mol. The summed E-state index contributed by atoms with van der Waals surface area (Å²) in [6, 6.07) is 4.59. The van der Waals surface area contributed by atoms with E-state index in [1.165, 1.54) is 20.2 Å². The lowest BCUT2D eigenvalue weighted by Crippen LogP contribution is -2.06. The standard InChI is InChI=1S/C8H10N2O3/c1-10(9-12)6-3-4-8(13-2)7(11)5-6/h3-5,11H,1-2H3. The van der Waals surface area contributed by atoms with E-state index < -0.39 is 0 Å². The molecule has 0 aliphatic carbocycles. The smallest absolute Gasteiger partial charge is 0.160 e. The van der Waals surface area contributed by atoms with Crippen molar-refractivity contribution in [3.8, 4) is 11.5 Å². The highest BCUT2D eigenvalue weighted by molar-refractivity contribution is 5.54. The number of nitrogens with zero attached hydrogens (tertiary/aromatic N) is 2. The molecule has 1 N–H and O–H groups in total. The van der Waals surface area contributed by atoms with Crippen LogP contribution in [-0.4, -0.2) is 19.3 Å². The highest BCUT2D eigenvalue weighted by Crippen LogP contribution is 2.29. The fraction of sp³-hybridized carbons (Fsp3) is 0.250. The van der Waals surface area contributed by atoms with Gasteiger partial charge in [0.25, 0.3) is 0 Å². The Balaban J connectivity index is 3.02. The number of phenols is 1. The van der Waals surface area contributed by atoms with Crippen molar-refractivity contribution in [3.63, 3.8) is 0 Å². The van der Waals surface area contributed by atoms with Gasteiger partial charge in [-0.3, -0.25) is 0 Å². The van der Waals surface area contributed by atoms with Gasteiger partial charge in [0, 0.05) is 13.1 Å². The summed E-state index contributed by atoms with van der Waals surface area (Å²) in [7, 11) is 2.95. The van der Waals surface area contributed by atoms with Gasteiger partial charge in [0.15, 0.2) is 11.5 Å². The zero-order valence-electron chi connectivity index (χ0n) is 7.39. The van der Waals surface area contributed by atoms with E-state index in [2.05, 4.69) is 5.29 Å². The number of anilines is 1. The molecule has 13 heavy (non-hydrogen) atoms. The molecule has 0 bridgehead atoms. The van der Waals surface area contributed by atoms with E-state index in [9.17, 15) is 10.0 Å². The lowest BCUT2D eigenvalue weighted by atomic mass is 10.3. The molecule has 0 amide bonds. The first-order valence-electron chi connectivity index (χ1n) is 3.63. The van der Waals surface area contributed by atoms with Crippen LogP contribution in [0.1, 0.15) is 0 Å². The molecule has 0 aliphatic rings. The minimum Gasteiger partial charge on any atom is -0.504 e. The molecule has 0 unspecified atom stereocenters. The summed E-state index contributed by atoms with van der Waals surface area (Å²) in [5, 5.41) is 13.1. The van der Waals surface area contributed by atoms with Gasteiger partial charge < -0.3 is 9.84 Å². The molecule has 1 aromatic carbocycles. The van der Waals surface area contributed by atoms with Gasteiger partial charge in [-0.15, -0.1) is 4.91 Å². The molecule has 0 heterocycles. The fourth-order valence-electron chi connectivity index (χ4n) is 0.927. The molecule has 0 atom stereocenters. The van der Waals surface area contributed by atoms with Crippen LogP contribution in [0.2, 0.25) is 0 Å². The van der Waals surface area contributed by atoms with Gasteiger partial charge in [0.1, 0.15) is 0 Å². The van der Waals surface area contributed by atoms with Gasteiger partial charge in [-0.1, -0.05) is 0 Å². The molecule has 1 aromatic rings. The number of phenolic OH excluding ortho intramolecular Hbond substituents is 1. The Bertz CT molecular complexity index is 314. The van der Waals surface area contributed by atoms with E-state index in [1.807, 2.05) is 0 Å². The number of hydrogen-bond acceptors (Lipinski definition) is 4. The third kappa shape index (κ3) is 1.87. The van der Waals surface area contributed by atoms with Crippen LogP contribution in [-0.2, 0) is 0 Å². The number of nitroso groups, excluding NO2 is 1. The van der Waals surface area contributed by atoms with Crippen molar-refractivity contribution in [2.24, 2.45) is 5.29 Å². The summed E-state index contributed by atoms with van der Waals surface area (Å²) < 4.78 is 4.84. The normalized spacial score (nSPS) is 9.38. The van der Waals surface area contributed by atoms with Crippen LogP contribution in [0.15, 0.2) is 23.5 Å². The second-order valence-corrected chi connectivity index (χ2v) is 2.46. The second kappa shape index (κ2) is 3.75. The maximum Gasteiger partial charge on any atom is 0.160 e. The van der Waals surface area contributed by atoms with Crippen molar-refractivity contribution >= 4 is 5.69 Å². The molecule has 70 valence electrons. The largest absolute Gasteiger partial charge is 0.504 e. The number of hydrogen-bond donors (Lipinski definition) is 1. The average molecular weight is 182 g/mol. The van der Waals surface area contributed by atoms with E-state index in [4.69, 9.17) is 4.74 Å². The number of benzene rings is 1. The Hall–Kier alpha value is -1.78.